The highest BCUT2D eigenvalue weighted by molar-refractivity contribution is 7.52. The van der Waals surface area contributed by atoms with Crippen molar-refractivity contribution in [3.63, 3.8) is 0 Å². The maximum Gasteiger partial charge on any atom is 0.459 e. The fourth-order valence-electron chi connectivity index (χ4n) is 4.27. The van der Waals surface area contributed by atoms with Crippen LogP contribution in [0.1, 0.15) is 47.8 Å². The molecule has 4 N–H and O–H groups in total. The third-order valence-electron chi connectivity index (χ3n) is 7.02. The molecule has 1 aliphatic heterocycles. The van der Waals surface area contributed by atoms with Crippen LogP contribution in [0.4, 0.5) is 14.7 Å². The lowest BCUT2D eigenvalue weighted by Gasteiger charge is -2.28. The number of hydrogen-bond donors (Lipinski definition) is 3. The Morgan fingerprint density at radius 1 is 1.23 bits per heavy atom. The number of para-hydroxylation sites is 1. The number of aliphatic hydroxyl groups is 1. The second-order valence-corrected chi connectivity index (χ2v) is 12.6. The quantitative estimate of drug-likeness (QED) is 0.181. The molecule has 0 spiro atoms. The predicted molar refractivity (Wildman–Crippen MR) is 154 cm³/mol. The summed E-state index contributed by atoms with van der Waals surface area (Å²) in [6.07, 6.45) is -3.64. The average Bonchev–Trinajstić information content (AvgIpc) is 3.45. The van der Waals surface area contributed by atoms with E-state index in [0.717, 1.165) is 17.8 Å². The van der Waals surface area contributed by atoms with Gasteiger partial charge in [0.2, 0.25) is 11.8 Å². The molecule has 3 unspecified atom stereocenters. The van der Waals surface area contributed by atoms with Crippen LogP contribution < -0.4 is 20.1 Å². The number of esters is 1. The second-order valence-electron chi connectivity index (χ2n) is 10.9. The van der Waals surface area contributed by atoms with Gasteiger partial charge in [0.15, 0.2) is 29.2 Å². The molecule has 17 heteroatoms. The number of aromatic nitrogens is 4. The van der Waals surface area contributed by atoms with Crippen LogP contribution in [0.15, 0.2) is 36.7 Å². The monoisotopic (exact) mass is 642 g/mol. The number of hydrogen-bond acceptors (Lipinski definition) is 12. The first-order valence-electron chi connectivity index (χ1n) is 13.9. The van der Waals surface area contributed by atoms with Crippen LogP contribution in [0, 0.1) is 5.92 Å². The van der Waals surface area contributed by atoms with Crippen molar-refractivity contribution in [3.8, 4) is 11.6 Å². The number of halogens is 2. The number of benzene rings is 1. The Morgan fingerprint density at radius 2 is 1.91 bits per heavy atom. The lowest BCUT2D eigenvalue weighted by atomic mass is 9.97. The van der Waals surface area contributed by atoms with E-state index >= 15 is 8.78 Å². The van der Waals surface area contributed by atoms with Gasteiger partial charge in [-0.05, 0) is 45.7 Å². The minimum Gasteiger partial charge on any atom is -0.476 e. The minimum atomic E-state index is -4.60. The van der Waals surface area contributed by atoms with Crippen molar-refractivity contribution in [3.05, 3.63) is 36.7 Å². The second kappa shape index (κ2) is 12.9. The molecule has 0 amide bonds. The zero-order valence-corrected chi connectivity index (χ0v) is 26.0. The highest BCUT2D eigenvalue weighted by Crippen LogP contribution is 2.52. The standard InChI is InChI=1S/C27H37F2N6O8P/c1-7-39-21-19-20(32-25(30)33-21)35(14-31-19)24-26(6,28)23(37)27(29,42-24)13-40-44(38,43-18-11-9-8-10-12-18)34-16(4)22(36)41-17(5)15(2)3/h8-12,14-17,23-24,37H,7,13H2,1-6H3,(H,34,38)(H2,30,32,33)/t16?,17?,23-,24+,26+,27+,44?/m0/s1. The summed E-state index contributed by atoms with van der Waals surface area (Å²) < 4.78 is 74.4. The lowest BCUT2D eigenvalue weighted by molar-refractivity contribution is -0.202. The van der Waals surface area contributed by atoms with Gasteiger partial charge in [-0.3, -0.25) is 13.9 Å². The van der Waals surface area contributed by atoms with E-state index in [1.807, 2.05) is 13.8 Å². The smallest absolute Gasteiger partial charge is 0.459 e. The molecule has 14 nitrogen and oxygen atoms in total. The third kappa shape index (κ3) is 6.94. The summed E-state index contributed by atoms with van der Waals surface area (Å²) in [7, 11) is -4.60. The van der Waals surface area contributed by atoms with Crippen molar-refractivity contribution in [2.75, 3.05) is 18.9 Å². The number of carbonyl (C=O) groups is 1. The summed E-state index contributed by atoms with van der Waals surface area (Å²) >= 11 is 0. The molecule has 1 saturated heterocycles. The fourth-order valence-corrected chi connectivity index (χ4v) is 5.78. The Hall–Kier alpha value is -3.43. The third-order valence-corrected chi connectivity index (χ3v) is 8.64. The number of nitrogens with one attached hydrogen (secondary N) is 1. The number of fused-ring (bicyclic) bond motifs is 1. The SMILES string of the molecule is CCOc1nc(N)nc2c1ncn2[C@@H]1O[C@](F)(COP(=O)(NC(C)C(=O)OC(C)C(C)C)Oc2ccccc2)[C@@H](O)[C@@]1(C)F. The summed E-state index contributed by atoms with van der Waals surface area (Å²) in [5.41, 5.74) is 3.04. The van der Waals surface area contributed by atoms with Gasteiger partial charge in [0.1, 0.15) is 24.5 Å². The van der Waals surface area contributed by atoms with E-state index in [1.165, 1.54) is 19.1 Å². The molecule has 2 aromatic heterocycles. The number of rotatable bonds is 13. The van der Waals surface area contributed by atoms with Gasteiger partial charge in [0.25, 0.3) is 5.85 Å². The number of ether oxygens (including phenoxy) is 3. The maximum absolute atomic E-state index is 16.3. The molecule has 1 aromatic carbocycles. The zero-order valence-electron chi connectivity index (χ0n) is 25.1. The highest BCUT2D eigenvalue weighted by Gasteiger charge is 2.65. The van der Waals surface area contributed by atoms with E-state index in [2.05, 4.69) is 20.0 Å². The van der Waals surface area contributed by atoms with Crippen LogP contribution in [0.5, 0.6) is 11.6 Å². The van der Waals surface area contributed by atoms with E-state index in [-0.39, 0.29) is 41.3 Å². The molecule has 0 aliphatic carbocycles. The summed E-state index contributed by atoms with van der Waals surface area (Å²) in [6.45, 7) is 8.32. The lowest BCUT2D eigenvalue weighted by Crippen LogP contribution is -2.47. The van der Waals surface area contributed by atoms with Crippen molar-refractivity contribution in [1.29, 1.82) is 0 Å². The number of imidazole rings is 1. The molecule has 44 heavy (non-hydrogen) atoms. The van der Waals surface area contributed by atoms with E-state index in [1.54, 1.807) is 32.0 Å². The summed E-state index contributed by atoms with van der Waals surface area (Å²) in [5, 5.41) is 13.3. The van der Waals surface area contributed by atoms with Crippen molar-refractivity contribution < 1.29 is 46.5 Å². The molecule has 0 bridgehead atoms. The van der Waals surface area contributed by atoms with Crippen molar-refractivity contribution in [1.82, 2.24) is 24.6 Å². The Bertz CT molecular complexity index is 1510. The highest BCUT2D eigenvalue weighted by atomic mass is 31.2. The maximum atomic E-state index is 16.3. The number of carbonyl (C=O) groups excluding carboxylic acids is 1. The number of anilines is 1. The van der Waals surface area contributed by atoms with Crippen molar-refractivity contribution >= 4 is 30.8 Å². The molecule has 3 aromatic rings. The van der Waals surface area contributed by atoms with Gasteiger partial charge < -0.3 is 29.6 Å². The van der Waals surface area contributed by atoms with Crippen LogP contribution in [-0.4, -0.2) is 73.6 Å². The Kier molecular flexibility index (Phi) is 9.81. The molecular formula is C27H37F2N6O8P. The summed E-state index contributed by atoms with van der Waals surface area (Å²) in [6, 6.07) is 6.52. The molecule has 4 rings (SSSR count). The summed E-state index contributed by atoms with van der Waals surface area (Å²) in [5.74, 6) is -4.18. The van der Waals surface area contributed by atoms with E-state index < -0.39 is 56.3 Å². The van der Waals surface area contributed by atoms with Gasteiger partial charge in [-0.25, -0.2) is 18.3 Å². The molecule has 7 atom stereocenters. The van der Waals surface area contributed by atoms with Gasteiger partial charge in [-0.15, -0.1) is 0 Å². The summed E-state index contributed by atoms with van der Waals surface area (Å²) in [4.78, 5) is 24.8. The number of aliphatic hydroxyl groups excluding tert-OH is 1. The van der Waals surface area contributed by atoms with E-state index in [4.69, 9.17) is 29.0 Å². The Balaban J connectivity index is 1.60. The topological polar surface area (TPSA) is 182 Å². The van der Waals surface area contributed by atoms with Crippen molar-refractivity contribution in [2.45, 2.75) is 77.5 Å². The normalized spacial score (nSPS) is 26.3. The minimum absolute atomic E-state index is 0.00593. The number of nitrogen functional groups attached to an aromatic ring is 1. The molecule has 3 heterocycles. The van der Waals surface area contributed by atoms with Crippen molar-refractivity contribution in [2.24, 2.45) is 5.92 Å². The van der Waals surface area contributed by atoms with Crippen LogP contribution in [0.25, 0.3) is 11.2 Å². The number of nitrogens with zero attached hydrogens (tertiary/aromatic N) is 4. The first kappa shape index (κ1) is 33.5. The number of nitrogens with two attached hydrogens (primary N) is 1. The number of alkyl halides is 2. The van der Waals surface area contributed by atoms with Gasteiger partial charge >= 0.3 is 13.7 Å². The predicted octanol–water partition coefficient (Wildman–Crippen LogP) is 3.86. The largest absolute Gasteiger partial charge is 0.476 e. The van der Waals surface area contributed by atoms with Gasteiger partial charge in [-0.2, -0.15) is 15.1 Å². The zero-order chi connectivity index (χ0) is 32.4. The first-order chi connectivity index (χ1) is 20.6. The average molecular weight is 643 g/mol. The molecule has 0 radical (unpaired) electrons. The van der Waals surface area contributed by atoms with Crippen LogP contribution in [0.2, 0.25) is 0 Å². The molecule has 242 valence electrons. The molecular weight excluding hydrogens is 605 g/mol. The van der Waals surface area contributed by atoms with E-state index in [0.29, 0.717) is 0 Å². The fraction of sp³-hybridized carbons (Fsp3) is 0.556. The molecule has 0 saturated carbocycles. The molecule has 1 fully saturated rings. The molecule has 1 aliphatic rings. The van der Waals surface area contributed by atoms with Gasteiger partial charge in [0, 0.05) is 0 Å². The van der Waals surface area contributed by atoms with Crippen LogP contribution >= 0.6 is 7.75 Å². The van der Waals surface area contributed by atoms with Gasteiger partial charge in [-0.1, -0.05) is 32.0 Å². The van der Waals surface area contributed by atoms with Crippen LogP contribution in [-0.2, 0) is 23.4 Å². The Labute approximate surface area is 252 Å². The van der Waals surface area contributed by atoms with E-state index in [9.17, 15) is 14.5 Å². The first-order valence-corrected chi connectivity index (χ1v) is 15.5. The van der Waals surface area contributed by atoms with Crippen LogP contribution in [0.3, 0.4) is 0 Å². The van der Waals surface area contributed by atoms with Gasteiger partial charge in [0.05, 0.1) is 12.9 Å². The Morgan fingerprint density at radius 3 is 2.55 bits per heavy atom.